The number of rotatable bonds is 11. The molecule has 3 aromatic rings. The second-order valence-corrected chi connectivity index (χ2v) is 9.56. The topological polar surface area (TPSA) is 69.2 Å². The van der Waals surface area contributed by atoms with Crippen molar-refractivity contribution in [1.82, 2.24) is 14.9 Å². The molecule has 1 unspecified atom stereocenters. The Kier molecular flexibility index (Phi) is 7.89. The summed E-state index contributed by atoms with van der Waals surface area (Å²) in [5.74, 6) is 0.288. The highest BCUT2D eigenvalue weighted by molar-refractivity contribution is 9.10. The molecule has 1 aromatic heterocycles. The van der Waals surface area contributed by atoms with Crippen LogP contribution in [0, 0.1) is 5.92 Å². The van der Waals surface area contributed by atoms with Crippen LogP contribution in [0.2, 0.25) is 0 Å². The minimum atomic E-state index is -0.865. The molecular weight excluding hydrogens is 454 g/mol. The zero-order chi connectivity index (χ0) is 22.4. The smallest absolute Gasteiger partial charge is 0.314 e. The first kappa shape index (κ1) is 23.5. The van der Waals surface area contributed by atoms with Crippen molar-refractivity contribution in [3.05, 3.63) is 64.4 Å². The maximum absolute atomic E-state index is 12.4. The average Bonchev–Trinajstić information content (AvgIpc) is 3.14. The molecule has 31 heavy (non-hydrogen) atoms. The number of carboxylic acids is 1. The highest BCUT2D eigenvalue weighted by Gasteiger charge is 2.42. The van der Waals surface area contributed by atoms with Crippen LogP contribution < -0.4 is 0 Å². The van der Waals surface area contributed by atoms with E-state index in [1.807, 2.05) is 62.4 Å². The maximum atomic E-state index is 12.4. The van der Waals surface area contributed by atoms with Crippen LogP contribution in [0.4, 0.5) is 0 Å². The summed E-state index contributed by atoms with van der Waals surface area (Å²) in [4.78, 5) is 22.7. The van der Waals surface area contributed by atoms with Gasteiger partial charge in [-0.2, -0.15) is 0 Å². The van der Waals surface area contributed by atoms with Crippen molar-refractivity contribution in [1.29, 1.82) is 0 Å². The van der Waals surface area contributed by atoms with E-state index in [2.05, 4.69) is 37.8 Å². The molecule has 5 nitrogen and oxygen atoms in total. The van der Waals surface area contributed by atoms with Gasteiger partial charge in [0.15, 0.2) is 0 Å². The van der Waals surface area contributed by atoms with Crippen LogP contribution in [0.25, 0.3) is 11.0 Å². The van der Waals surface area contributed by atoms with E-state index in [1.54, 1.807) is 0 Å². The first-order valence-electron chi connectivity index (χ1n) is 10.9. The van der Waals surface area contributed by atoms with Crippen molar-refractivity contribution in [3.8, 4) is 0 Å². The van der Waals surface area contributed by atoms with E-state index in [0.29, 0.717) is 6.42 Å². The minimum Gasteiger partial charge on any atom is -0.481 e. The number of para-hydroxylation sites is 2. The minimum absolute atomic E-state index is 0.00423. The number of benzene rings is 2. The zero-order valence-corrected chi connectivity index (χ0v) is 20.2. The molecule has 166 valence electrons. The maximum Gasteiger partial charge on any atom is 0.314 e. The van der Waals surface area contributed by atoms with Crippen molar-refractivity contribution in [2.24, 2.45) is 5.92 Å². The Hall–Kier alpha value is -2.18. The first-order chi connectivity index (χ1) is 14.8. The van der Waals surface area contributed by atoms with Crippen LogP contribution >= 0.6 is 15.9 Å². The van der Waals surface area contributed by atoms with Gasteiger partial charge in [-0.1, -0.05) is 54.0 Å². The van der Waals surface area contributed by atoms with Gasteiger partial charge in [0.25, 0.3) is 0 Å². The summed E-state index contributed by atoms with van der Waals surface area (Å²) in [6.07, 6.45) is 3.37. The molecule has 0 aliphatic rings. The summed E-state index contributed by atoms with van der Waals surface area (Å²) in [6, 6.07) is 15.8. The molecule has 0 aliphatic heterocycles. The van der Waals surface area contributed by atoms with Crippen molar-refractivity contribution in [3.63, 3.8) is 0 Å². The van der Waals surface area contributed by atoms with Gasteiger partial charge in [0, 0.05) is 10.9 Å². The number of aryl methyl sites for hydroxylation is 1. The Balaban J connectivity index is 1.53. The van der Waals surface area contributed by atoms with Crippen LogP contribution in [0.15, 0.2) is 53.0 Å². The molecule has 0 fully saturated rings. The number of aromatic amines is 1. The van der Waals surface area contributed by atoms with E-state index in [-0.39, 0.29) is 5.92 Å². The predicted octanol–water partition coefficient (Wildman–Crippen LogP) is 5.65. The third-order valence-corrected chi connectivity index (χ3v) is 6.76. The quantitative estimate of drug-likeness (QED) is 0.368. The van der Waals surface area contributed by atoms with Gasteiger partial charge in [0.05, 0.1) is 16.4 Å². The molecule has 0 spiro atoms. The predicted molar refractivity (Wildman–Crippen MR) is 129 cm³/mol. The number of fused-ring (bicyclic) bond motifs is 1. The Morgan fingerprint density at radius 1 is 1.13 bits per heavy atom. The number of nitrogens with one attached hydrogen (secondary N) is 1. The summed E-state index contributed by atoms with van der Waals surface area (Å²) in [6.45, 7) is 5.84. The fraction of sp³-hybridized carbons (Fsp3) is 0.440. The number of halogens is 1. The number of hydrogen-bond donors (Lipinski definition) is 2. The normalized spacial score (nSPS) is 13.7. The molecule has 1 atom stereocenters. The summed E-state index contributed by atoms with van der Waals surface area (Å²) in [5, 5.41) is 10.2. The molecule has 2 N–H and O–H groups in total. The van der Waals surface area contributed by atoms with E-state index in [4.69, 9.17) is 0 Å². The number of hydrogen-bond acceptors (Lipinski definition) is 3. The summed E-state index contributed by atoms with van der Waals surface area (Å²) >= 11 is 3.45. The zero-order valence-electron chi connectivity index (χ0n) is 18.6. The number of aliphatic carboxylic acids is 1. The molecule has 1 heterocycles. The number of H-pyrrole nitrogens is 1. The van der Waals surface area contributed by atoms with E-state index in [0.717, 1.165) is 59.2 Å². The summed E-state index contributed by atoms with van der Waals surface area (Å²) in [5.41, 5.74) is 2.11. The largest absolute Gasteiger partial charge is 0.481 e. The molecule has 3 rings (SSSR count). The molecule has 0 amide bonds. The Morgan fingerprint density at radius 2 is 1.81 bits per heavy atom. The highest BCUT2D eigenvalue weighted by atomic mass is 79.9. The van der Waals surface area contributed by atoms with Crippen LogP contribution in [-0.4, -0.2) is 46.1 Å². The average molecular weight is 486 g/mol. The van der Waals surface area contributed by atoms with Gasteiger partial charge in [-0.25, -0.2) is 4.98 Å². The first-order valence-corrected chi connectivity index (χ1v) is 11.7. The van der Waals surface area contributed by atoms with E-state index < -0.39 is 11.4 Å². The summed E-state index contributed by atoms with van der Waals surface area (Å²) in [7, 11) is 2.11. The van der Waals surface area contributed by atoms with E-state index >= 15 is 0 Å². The van der Waals surface area contributed by atoms with Gasteiger partial charge < -0.3 is 15.0 Å². The van der Waals surface area contributed by atoms with E-state index in [1.165, 1.54) is 0 Å². The van der Waals surface area contributed by atoms with E-state index in [9.17, 15) is 9.90 Å². The third kappa shape index (κ3) is 5.55. The van der Waals surface area contributed by atoms with Crippen LogP contribution in [0.3, 0.4) is 0 Å². The van der Waals surface area contributed by atoms with Gasteiger partial charge in [-0.15, -0.1) is 0 Å². The molecule has 6 heteroatoms. The standard InChI is InChI=1S/C25H32BrN3O2/c1-18(2)25(24(30)31,19-11-13-20(26)14-12-19)15-7-17-29(3)16-6-10-23-27-21-8-4-5-9-22(21)28-23/h4-5,8-9,11-14,18H,6-7,10,15-17H2,1-3H3,(H,27,28)(H,30,31). The molecule has 0 aliphatic carbocycles. The molecule has 2 aromatic carbocycles. The molecule has 0 saturated heterocycles. The van der Waals surface area contributed by atoms with Crippen molar-refractivity contribution >= 4 is 32.9 Å². The number of carboxylic acid groups (broad SMARTS) is 1. The molecule has 0 radical (unpaired) electrons. The monoisotopic (exact) mass is 485 g/mol. The van der Waals surface area contributed by atoms with Gasteiger partial charge in [-0.05, 0) is 75.1 Å². The van der Waals surface area contributed by atoms with Crippen molar-refractivity contribution in [2.75, 3.05) is 20.1 Å². The lowest BCUT2D eigenvalue weighted by Crippen LogP contribution is -2.41. The molecular formula is C25H32BrN3O2. The molecule has 0 saturated carbocycles. The van der Waals surface area contributed by atoms with Gasteiger partial charge in [-0.3, -0.25) is 4.79 Å². The Labute approximate surface area is 193 Å². The van der Waals surface area contributed by atoms with Crippen LogP contribution in [-0.2, 0) is 16.6 Å². The summed E-state index contributed by atoms with van der Waals surface area (Å²) < 4.78 is 0.962. The lowest BCUT2D eigenvalue weighted by Gasteiger charge is -2.34. The van der Waals surface area contributed by atoms with Gasteiger partial charge in [0.2, 0.25) is 0 Å². The number of nitrogens with zero attached hydrogens (tertiary/aromatic N) is 2. The fourth-order valence-electron chi connectivity index (χ4n) is 4.37. The lowest BCUT2D eigenvalue weighted by atomic mass is 9.68. The fourth-order valence-corrected chi connectivity index (χ4v) is 4.64. The Bertz CT molecular complexity index is 966. The van der Waals surface area contributed by atoms with Gasteiger partial charge in [0.1, 0.15) is 5.82 Å². The number of imidazole rings is 1. The number of aromatic nitrogens is 2. The molecule has 0 bridgehead atoms. The lowest BCUT2D eigenvalue weighted by molar-refractivity contribution is -0.146. The Morgan fingerprint density at radius 3 is 2.45 bits per heavy atom. The third-order valence-electron chi connectivity index (χ3n) is 6.23. The number of carbonyl (C=O) groups is 1. The van der Waals surface area contributed by atoms with Crippen molar-refractivity contribution < 1.29 is 9.90 Å². The highest BCUT2D eigenvalue weighted by Crippen LogP contribution is 2.38. The van der Waals surface area contributed by atoms with Crippen molar-refractivity contribution in [2.45, 2.75) is 44.9 Å². The van der Waals surface area contributed by atoms with Gasteiger partial charge >= 0.3 is 5.97 Å². The van der Waals surface area contributed by atoms with Crippen LogP contribution in [0.1, 0.15) is 44.5 Å². The second kappa shape index (κ2) is 10.4. The second-order valence-electron chi connectivity index (χ2n) is 8.65. The van der Waals surface area contributed by atoms with Crippen LogP contribution in [0.5, 0.6) is 0 Å². The SMILES string of the molecule is CC(C)C(CCCN(C)CCCc1nc2ccccc2[nH]1)(C(=O)O)c1ccc(Br)cc1.